The molecule has 0 aliphatic carbocycles. The second-order valence-corrected chi connectivity index (χ2v) is 2.41. The highest BCUT2D eigenvalue weighted by Crippen LogP contribution is 2.06. The zero-order chi connectivity index (χ0) is 6.41. The lowest BCUT2D eigenvalue weighted by Crippen LogP contribution is -1.67. The monoisotopic (exact) mass is 130 g/mol. The summed E-state index contributed by atoms with van der Waals surface area (Å²) >= 11 is 4.23. The Morgan fingerprint density at radius 2 is 2.12 bits per heavy atom. The van der Waals surface area contributed by atoms with Crippen LogP contribution in [0.2, 0.25) is 0 Å². The van der Waals surface area contributed by atoms with Gasteiger partial charge in [-0.15, -0.1) is 12.6 Å². The normalized spacial score (nSPS) is 12.1. The Morgan fingerprint density at radius 3 is 2.50 bits per heavy atom. The Morgan fingerprint density at radius 1 is 1.50 bits per heavy atom. The van der Waals surface area contributed by atoms with Crippen LogP contribution in [0, 0.1) is 0 Å². The van der Waals surface area contributed by atoms with Crippen LogP contribution in [0.25, 0.3) is 0 Å². The van der Waals surface area contributed by atoms with Gasteiger partial charge in [0.2, 0.25) is 0 Å². The summed E-state index contributed by atoms with van der Waals surface area (Å²) < 4.78 is 0. The highest BCUT2D eigenvalue weighted by Gasteiger charge is 1.80. The van der Waals surface area contributed by atoms with E-state index in [2.05, 4.69) is 32.6 Å². The van der Waals surface area contributed by atoms with Gasteiger partial charge in [0.25, 0.3) is 0 Å². The van der Waals surface area contributed by atoms with Crippen LogP contribution in [0.3, 0.4) is 0 Å². The lowest BCUT2D eigenvalue weighted by atomic mass is 10.3. The van der Waals surface area contributed by atoms with Gasteiger partial charge in [-0.25, -0.2) is 0 Å². The van der Waals surface area contributed by atoms with Crippen molar-refractivity contribution in [3.05, 3.63) is 11.0 Å². The van der Waals surface area contributed by atoms with Gasteiger partial charge in [-0.3, -0.25) is 0 Å². The summed E-state index contributed by atoms with van der Waals surface area (Å²) in [5, 5.41) is 0. The summed E-state index contributed by atoms with van der Waals surface area (Å²) in [7, 11) is 0. The molecule has 0 aromatic heterocycles. The summed E-state index contributed by atoms with van der Waals surface area (Å²) in [4.78, 5) is 1.21. The van der Waals surface area contributed by atoms with E-state index in [1.54, 1.807) is 0 Å². The van der Waals surface area contributed by atoms with Gasteiger partial charge in [-0.1, -0.05) is 26.3 Å². The van der Waals surface area contributed by atoms with Crippen LogP contribution >= 0.6 is 12.6 Å². The minimum absolute atomic E-state index is 1.07. The Kier molecular flexibility index (Phi) is 5.29. The van der Waals surface area contributed by atoms with Crippen LogP contribution in [0.5, 0.6) is 0 Å². The fraction of sp³-hybridized carbons (Fsp3) is 0.714. The third kappa shape index (κ3) is 4.25. The molecule has 0 aromatic carbocycles. The van der Waals surface area contributed by atoms with E-state index in [-0.39, 0.29) is 0 Å². The minimum Gasteiger partial charge on any atom is -0.148 e. The Bertz CT molecular complexity index is 74.5. The van der Waals surface area contributed by atoms with E-state index in [4.69, 9.17) is 0 Å². The van der Waals surface area contributed by atoms with Crippen LogP contribution in [-0.4, -0.2) is 0 Å². The lowest BCUT2D eigenvalue weighted by molar-refractivity contribution is 0.949. The highest BCUT2D eigenvalue weighted by atomic mass is 32.1. The lowest BCUT2D eigenvalue weighted by Gasteiger charge is -1.90. The number of unbranched alkanes of at least 4 members (excludes halogenated alkanes) is 1. The van der Waals surface area contributed by atoms with Crippen molar-refractivity contribution in [3.8, 4) is 0 Å². The van der Waals surface area contributed by atoms with E-state index < -0.39 is 0 Å². The van der Waals surface area contributed by atoms with Gasteiger partial charge in [0.15, 0.2) is 0 Å². The van der Waals surface area contributed by atoms with Crippen molar-refractivity contribution in [3.63, 3.8) is 0 Å². The first kappa shape index (κ1) is 8.09. The molecule has 0 spiro atoms. The smallest absolute Gasteiger partial charge is 0.0227 e. The third-order valence-corrected chi connectivity index (χ3v) is 1.53. The molecule has 0 nitrogen and oxygen atoms in total. The first-order valence-electron chi connectivity index (χ1n) is 3.19. The van der Waals surface area contributed by atoms with Gasteiger partial charge in [0.05, 0.1) is 0 Å². The van der Waals surface area contributed by atoms with Gasteiger partial charge in [-0.2, -0.15) is 0 Å². The van der Waals surface area contributed by atoms with Gasteiger partial charge < -0.3 is 0 Å². The van der Waals surface area contributed by atoms with Crippen LogP contribution in [-0.2, 0) is 0 Å². The number of allylic oxidation sites excluding steroid dienone is 2. The van der Waals surface area contributed by atoms with Gasteiger partial charge >= 0.3 is 0 Å². The molecule has 0 fully saturated rings. The topological polar surface area (TPSA) is 0 Å². The SMILES string of the molecule is CCC/C=C(\S)CC. The molecule has 0 atom stereocenters. The van der Waals surface area contributed by atoms with Crippen molar-refractivity contribution < 1.29 is 0 Å². The second-order valence-electron chi connectivity index (χ2n) is 1.84. The average Bonchev–Trinajstić information content (AvgIpc) is 1.83. The van der Waals surface area contributed by atoms with Crippen LogP contribution in [0.1, 0.15) is 33.1 Å². The number of hydrogen-bond acceptors (Lipinski definition) is 1. The quantitative estimate of drug-likeness (QED) is 0.558. The van der Waals surface area contributed by atoms with Crippen molar-refractivity contribution in [2.24, 2.45) is 0 Å². The maximum Gasteiger partial charge on any atom is -0.0227 e. The predicted molar refractivity (Wildman–Crippen MR) is 42.3 cm³/mol. The summed E-state index contributed by atoms with van der Waals surface area (Å²) in [6.07, 6.45) is 5.66. The molecule has 0 radical (unpaired) electrons. The molecule has 0 saturated carbocycles. The Balaban J connectivity index is 3.26. The largest absolute Gasteiger partial charge is 0.148 e. The molecule has 48 valence electrons. The number of hydrogen-bond donors (Lipinski definition) is 1. The maximum atomic E-state index is 4.23. The van der Waals surface area contributed by atoms with Crippen LogP contribution in [0.15, 0.2) is 11.0 Å². The zero-order valence-electron chi connectivity index (χ0n) is 5.65. The average molecular weight is 130 g/mol. The number of rotatable bonds is 3. The molecule has 0 heterocycles. The highest BCUT2D eigenvalue weighted by molar-refractivity contribution is 7.84. The molecule has 0 aromatic rings. The third-order valence-electron chi connectivity index (χ3n) is 1.03. The molecule has 0 unspecified atom stereocenters. The van der Waals surface area contributed by atoms with Crippen molar-refractivity contribution >= 4 is 12.6 Å². The molecule has 8 heavy (non-hydrogen) atoms. The molecular weight excluding hydrogens is 116 g/mol. The van der Waals surface area contributed by atoms with E-state index in [0.717, 1.165) is 6.42 Å². The van der Waals surface area contributed by atoms with E-state index in [1.807, 2.05) is 0 Å². The molecule has 0 saturated heterocycles. The molecular formula is C7H14S. The van der Waals surface area contributed by atoms with Crippen molar-refractivity contribution in [2.75, 3.05) is 0 Å². The molecule has 0 amide bonds. The molecule has 0 aliphatic rings. The number of thiol groups is 1. The Hall–Kier alpha value is 0.0900. The molecule has 1 heteroatoms. The van der Waals surface area contributed by atoms with Gasteiger partial charge in [0, 0.05) is 0 Å². The molecule has 0 bridgehead atoms. The summed E-state index contributed by atoms with van der Waals surface area (Å²) in [6, 6.07) is 0. The minimum atomic E-state index is 1.07. The molecule has 0 rings (SSSR count). The van der Waals surface area contributed by atoms with E-state index >= 15 is 0 Å². The van der Waals surface area contributed by atoms with E-state index in [1.165, 1.54) is 17.7 Å². The van der Waals surface area contributed by atoms with E-state index in [9.17, 15) is 0 Å². The molecule has 0 N–H and O–H groups in total. The fourth-order valence-electron chi connectivity index (χ4n) is 0.455. The standard InChI is InChI=1S/C7H14S/c1-3-5-6-7(8)4-2/h6,8H,3-5H2,1-2H3/b7-6-. The van der Waals surface area contributed by atoms with Crippen molar-refractivity contribution in [1.82, 2.24) is 0 Å². The maximum absolute atomic E-state index is 4.23. The van der Waals surface area contributed by atoms with Crippen molar-refractivity contribution in [1.29, 1.82) is 0 Å². The van der Waals surface area contributed by atoms with Crippen LogP contribution < -0.4 is 0 Å². The van der Waals surface area contributed by atoms with Crippen LogP contribution in [0.4, 0.5) is 0 Å². The van der Waals surface area contributed by atoms with E-state index in [0.29, 0.717) is 0 Å². The first-order valence-corrected chi connectivity index (χ1v) is 3.64. The zero-order valence-corrected chi connectivity index (χ0v) is 6.54. The first-order chi connectivity index (χ1) is 3.81. The van der Waals surface area contributed by atoms with Gasteiger partial charge in [-0.05, 0) is 17.7 Å². The second kappa shape index (κ2) is 5.23. The summed E-state index contributed by atoms with van der Waals surface area (Å²) in [5.41, 5.74) is 0. The molecule has 0 aliphatic heterocycles. The fourth-order valence-corrected chi connectivity index (χ4v) is 0.584. The summed E-state index contributed by atoms with van der Waals surface area (Å²) in [5.74, 6) is 0. The van der Waals surface area contributed by atoms with Crippen molar-refractivity contribution in [2.45, 2.75) is 33.1 Å². The predicted octanol–water partition coefficient (Wildman–Crippen LogP) is 3.01. The Labute approximate surface area is 57.4 Å². The summed E-state index contributed by atoms with van der Waals surface area (Å²) in [6.45, 7) is 4.29. The van der Waals surface area contributed by atoms with Gasteiger partial charge in [0.1, 0.15) is 0 Å².